The van der Waals surface area contributed by atoms with E-state index in [0.717, 1.165) is 54.8 Å². The Morgan fingerprint density at radius 3 is 2.35 bits per heavy atom. The van der Waals surface area contributed by atoms with Gasteiger partial charge >= 0.3 is 6.09 Å². The number of carbonyl (C=O) groups is 1. The first-order valence-corrected chi connectivity index (χ1v) is 25.7. The molecule has 2 aliphatic heterocycles. The lowest BCUT2D eigenvalue weighted by molar-refractivity contribution is 0.0341. The van der Waals surface area contributed by atoms with Crippen LogP contribution in [0.5, 0.6) is 5.75 Å². The van der Waals surface area contributed by atoms with Crippen LogP contribution in [0.1, 0.15) is 68.7 Å². The summed E-state index contributed by atoms with van der Waals surface area (Å²) in [6.45, 7) is 15.9. The molecule has 1 N–H and O–H groups in total. The van der Waals surface area contributed by atoms with E-state index < -0.39 is 8.32 Å². The number of hydrogen-bond donors (Lipinski definition) is 1. The van der Waals surface area contributed by atoms with E-state index in [9.17, 15) is 15.3 Å². The summed E-state index contributed by atoms with van der Waals surface area (Å²) < 4.78 is 19.6. The molecule has 3 fully saturated rings. The lowest BCUT2D eigenvalue weighted by atomic mass is 9.99. The van der Waals surface area contributed by atoms with Gasteiger partial charge < -0.3 is 33.9 Å². The molecule has 15 nitrogen and oxygen atoms in total. The van der Waals surface area contributed by atoms with Crippen LogP contribution >= 0.6 is 11.6 Å². The molecule has 1 amide bonds. The van der Waals surface area contributed by atoms with Crippen LogP contribution in [-0.2, 0) is 22.3 Å². The molecule has 0 spiro atoms. The number of benzene rings is 3. The number of likely N-dealkylation sites (tertiary alicyclic amines) is 1. The normalized spacial score (nSPS) is 17.4. The van der Waals surface area contributed by atoms with Gasteiger partial charge in [0.25, 0.3) is 0 Å². The van der Waals surface area contributed by atoms with Gasteiger partial charge in [-0.1, -0.05) is 74.8 Å². The molecule has 3 aliphatic rings. The predicted octanol–water partition coefficient (Wildman–Crippen LogP) is 8.76. The zero-order valence-electron chi connectivity index (χ0n) is 38.1. The number of rotatable bonds is 14. The van der Waals surface area contributed by atoms with Gasteiger partial charge in [0.1, 0.15) is 24.0 Å². The summed E-state index contributed by atoms with van der Waals surface area (Å²) >= 11 is 7.38. The number of methoxy groups -OCH3 is 1. The number of hydrogen-bond acceptors (Lipinski definition) is 13. The minimum absolute atomic E-state index is 0.0244. The number of aromatic nitrogens is 4. The molecular formula is C48H58ClN11O4Si. The molecule has 0 bridgehead atoms. The van der Waals surface area contributed by atoms with Gasteiger partial charge in [0, 0.05) is 57.4 Å². The molecule has 65 heavy (non-hydrogen) atoms. The van der Waals surface area contributed by atoms with Crippen LogP contribution in [0.3, 0.4) is 0 Å². The third kappa shape index (κ3) is 10.3. The number of fused-ring (bicyclic) bond motifs is 1. The van der Waals surface area contributed by atoms with E-state index in [1.165, 1.54) is 6.20 Å². The van der Waals surface area contributed by atoms with Crippen molar-refractivity contribution in [1.29, 1.82) is 10.5 Å². The van der Waals surface area contributed by atoms with Crippen molar-refractivity contribution in [2.75, 3.05) is 61.6 Å². The van der Waals surface area contributed by atoms with Gasteiger partial charge in [0.2, 0.25) is 11.9 Å². The average molecular weight is 917 g/mol. The lowest BCUT2D eigenvalue weighted by Crippen LogP contribution is -2.61. The molecule has 1 atom stereocenters. The Kier molecular flexibility index (Phi) is 13.5. The van der Waals surface area contributed by atoms with Gasteiger partial charge in [-0.05, 0) is 79.2 Å². The number of amides is 1. The molecular weight excluding hydrogens is 858 g/mol. The van der Waals surface area contributed by atoms with Gasteiger partial charge in [-0.25, -0.2) is 4.79 Å². The largest absolute Gasteiger partial charge is 0.497 e. The van der Waals surface area contributed by atoms with Crippen LogP contribution in [0.25, 0.3) is 5.65 Å². The third-order valence-electron chi connectivity index (χ3n) is 13.4. The number of piperazine rings is 1. The van der Waals surface area contributed by atoms with Crippen molar-refractivity contribution >= 4 is 54.9 Å². The minimum Gasteiger partial charge on any atom is -0.497 e. The van der Waals surface area contributed by atoms with Crippen LogP contribution in [0, 0.1) is 22.7 Å². The summed E-state index contributed by atoms with van der Waals surface area (Å²) in [7, 11) is -0.469. The second-order valence-corrected chi connectivity index (χ2v) is 23.9. The monoisotopic (exact) mass is 915 g/mol. The summed E-state index contributed by atoms with van der Waals surface area (Å²) in [4.78, 5) is 31.7. The van der Waals surface area contributed by atoms with Crippen molar-refractivity contribution in [3.8, 4) is 17.9 Å². The van der Waals surface area contributed by atoms with Crippen molar-refractivity contribution in [2.24, 2.45) is 0 Å². The first kappa shape index (κ1) is 45.6. The Balaban J connectivity index is 1.04. The highest BCUT2D eigenvalue weighted by molar-refractivity contribution is 6.74. The van der Waals surface area contributed by atoms with Crippen molar-refractivity contribution in [2.45, 2.75) is 95.9 Å². The summed E-state index contributed by atoms with van der Waals surface area (Å²) in [5.41, 5.74) is 4.34. The maximum atomic E-state index is 13.1. The zero-order valence-corrected chi connectivity index (χ0v) is 39.9. The van der Waals surface area contributed by atoms with E-state index in [0.29, 0.717) is 72.8 Å². The number of nitrogens with zero attached hydrogens (tertiary/aromatic N) is 10. The Morgan fingerprint density at radius 2 is 1.69 bits per heavy atom. The fourth-order valence-corrected chi connectivity index (χ4v) is 9.72. The fourth-order valence-electron chi connectivity index (χ4n) is 8.41. The topological polar surface area (TPSA) is 160 Å². The van der Waals surface area contributed by atoms with Crippen molar-refractivity contribution < 1.29 is 18.7 Å². The number of halogens is 1. The fraction of sp³-hybridized carbons (Fsp3) is 0.458. The van der Waals surface area contributed by atoms with Gasteiger partial charge in [0.15, 0.2) is 14.0 Å². The zero-order chi connectivity index (χ0) is 45.9. The van der Waals surface area contributed by atoms with Crippen molar-refractivity contribution in [3.05, 3.63) is 100 Å². The van der Waals surface area contributed by atoms with Crippen LogP contribution in [-0.4, -0.2) is 108 Å². The average Bonchev–Trinajstić information content (AvgIpc) is 4.08. The Labute approximate surface area is 387 Å². The molecule has 0 radical (unpaired) electrons. The van der Waals surface area contributed by atoms with Gasteiger partial charge in [-0.15, -0.1) is 0 Å². The Hall–Kier alpha value is -5.91. The molecule has 17 heteroatoms. The van der Waals surface area contributed by atoms with Gasteiger partial charge in [-0.3, -0.25) is 4.90 Å². The summed E-state index contributed by atoms with van der Waals surface area (Å²) in [6.07, 6.45) is 4.86. The minimum atomic E-state index is -2.12. The van der Waals surface area contributed by atoms with Crippen molar-refractivity contribution in [1.82, 2.24) is 29.4 Å². The van der Waals surface area contributed by atoms with Crippen LogP contribution in [0.2, 0.25) is 23.2 Å². The highest BCUT2D eigenvalue weighted by Gasteiger charge is 2.41. The number of nitrogens with one attached hydrogen (secondary N) is 1. The number of piperidine rings is 1. The first-order valence-electron chi connectivity index (χ1n) is 22.4. The van der Waals surface area contributed by atoms with E-state index in [1.54, 1.807) is 17.7 Å². The Morgan fingerprint density at radius 1 is 0.954 bits per heavy atom. The number of carbonyl (C=O) groups excluding carboxylic acids is 1. The lowest BCUT2D eigenvalue weighted by Gasteiger charge is -2.49. The summed E-state index contributed by atoms with van der Waals surface area (Å²) in [5.74, 6) is 1.55. The highest BCUT2D eigenvalue weighted by Crippen LogP contribution is 2.40. The van der Waals surface area contributed by atoms with E-state index >= 15 is 0 Å². The van der Waals surface area contributed by atoms with E-state index in [2.05, 4.69) is 71.1 Å². The molecule has 5 aromatic rings. The van der Waals surface area contributed by atoms with Crippen LogP contribution in [0.15, 0.2) is 72.9 Å². The smallest absolute Gasteiger partial charge is 0.410 e. The second kappa shape index (κ2) is 19.3. The molecule has 2 saturated heterocycles. The predicted molar refractivity (Wildman–Crippen MR) is 254 cm³/mol. The standard InChI is InChI=1S/C48H58ClN11O4Si/c1-48(2,3)65(5,6)64-32-39-30-57(22-23-58(39)38-18-20-56(21-19-38)47(61)63-31-34-10-8-7-9-11-34)42-25-35(26-50)24-41(43(42)49)53-45-54-44-36(27-51)28-52-60(44)46(55-45)59(37-14-15-37)29-33-12-16-40(62-4)17-13-33/h7-13,16-17,24-25,28,37-39H,14-15,18-23,29-32H2,1-6H3,(H,53,54)/t39-/m1/s1. The summed E-state index contributed by atoms with van der Waals surface area (Å²) in [6, 6.07) is 26.3. The highest BCUT2D eigenvalue weighted by atomic mass is 35.5. The van der Waals surface area contributed by atoms with E-state index in [1.807, 2.05) is 65.6 Å². The molecule has 1 aliphatic carbocycles. The van der Waals surface area contributed by atoms with Crippen molar-refractivity contribution in [3.63, 3.8) is 0 Å². The number of nitriles is 2. The maximum Gasteiger partial charge on any atom is 0.410 e. The van der Waals surface area contributed by atoms with Crippen LogP contribution in [0.4, 0.5) is 28.1 Å². The SMILES string of the molecule is COc1ccc(CN(c2nc(Nc3cc(C#N)cc(N4CCN(C5CCN(C(=O)OCc6ccccc6)CC5)[C@@H](CO[Si](C)(C)C(C)(C)C)C4)c3Cl)nc3c(C#N)cnn23)C2CC2)cc1. The molecule has 2 aromatic heterocycles. The molecule has 3 aromatic carbocycles. The van der Waals surface area contributed by atoms with Gasteiger partial charge in [-0.2, -0.15) is 30.1 Å². The Bertz CT molecular complexity index is 2560. The number of ether oxygens (including phenoxy) is 2. The van der Waals surface area contributed by atoms with Gasteiger partial charge in [0.05, 0.1) is 47.9 Å². The van der Waals surface area contributed by atoms with Crippen LogP contribution < -0.4 is 19.9 Å². The number of anilines is 4. The second-order valence-electron chi connectivity index (χ2n) is 18.7. The third-order valence-corrected chi connectivity index (χ3v) is 18.3. The molecule has 0 unspecified atom stereocenters. The quantitative estimate of drug-likeness (QED) is 0.105. The molecule has 4 heterocycles. The maximum absolute atomic E-state index is 13.1. The molecule has 8 rings (SSSR count). The van der Waals surface area contributed by atoms with E-state index in [-0.39, 0.29) is 41.8 Å². The molecule has 1 saturated carbocycles. The van der Waals surface area contributed by atoms with E-state index in [4.69, 9.17) is 35.5 Å². The first-order chi connectivity index (χ1) is 31.2. The molecule has 340 valence electrons. The summed E-state index contributed by atoms with van der Waals surface area (Å²) in [5, 5.41) is 28.8.